The number of pyridine rings is 1. The van der Waals surface area contributed by atoms with Crippen LogP contribution in [0.25, 0.3) is 11.3 Å². The Labute approximate surface area is 212 Å². The Bertz CT molecular complexity index is 1390. The molecule has 0 radical (unpaired) electrons. The maximum atomic E-state index is 14.1. The average Bonchev–Trinajstić information content (AvgIpc) is 3.17. The Kier molecular flexibility index (Phi) is 7.16. The van der Waals surface area contributed by atoms with E-state index in [0.717, 1.165) is 29.6 Å². The molecule has 2 unspecified atom stereocenters. The Balaban J connectivity index is 1.59. The largest absolute Gasteiger partial charge is 0.496 e. The minimum Gasteiger partial charge on any atom is -0.496 e. The Morgan fingerprint density at radius 3 is 2.57 bits per heavy atom. The number of Topliss-reactive ketones (excluding diaryl/α,β-unsaturated/α-hetero) is 1. The lowest BCUT2D eigenvalue weighted by Gasteiger charge is -2.19. The summed E-state index contributed by atoms with van der Waals surface area (Å²) in [5.41, 5.74) is 2.72. The molecule has 0 bridgehead atoms. The van der Waals surface area contributed by atoms with Crippen LogP contribution in [0.5, 0.6) is 5.75 Å². The van der Waals surface area contributed by atoms with Gasteiger partial charge in [0.25, 0.3) is 5.91 Å². The number of carbonyl (C=O) groups is 2. The molecule has 0 aliphatic carbocycles. The van der Waals surface area contributed by atoms with Gasteiger partial charge in [-0.15, -0.1) is 0 Å². The van der Waals surface area contributed by atoms with Crippen LogP contribution in [-0.4, -0.2) is 35.7 Å². The summed E-state index contributed by atoms with van der Waals surface area (Å²) in [6.45, 7) is 4.26. The zero-order chi connectivity index (χ0) is 26.9. The fourth-order valence-corrected chi connectivity index (χ4v) is 4.32. The Morgan fingerprint density at radius 2 is 1.89 bits per heavy atom. The van der Waals surface area contributed by atoms with Crippen molar-refractivity contribution in [3.8, 4) is 17.0 Å². The van der Waals surface area contributed by atoms with Crippen LogP contribution < -0.4 is 9.75 Å². The molecule has 0 spiro atoms. The monoisotopic (exact) mass is 509 g/mol. The molecule has 0 saturated heterocycles. The van der Waals surface area contributed by atoms with Gasteiger partial charge in [0.1, 0.15) is 11.7 Å². The maximum Gasteiger partial charge on any atom is 0.303 e. The molecular formula is C28H26F3N3O3. The second-order valence-electron chi connectivity index (χ2n) is 8.96. The number of aromatic nitrogens is 1. The van der Waals surface area contributed by atoms with Crippen LogP contribution in [0.3, 0.4) is 0 Å². The number of halogens is 3. The van der Waals surface area contributed by atoms with Gasteiger partial charge in [0, 0.05) is 23.7 Å². The number of methoxy groups -OCH3 is 1. The summed E-state index contributed by atoms with van der Waals surface area (Å²) in [4.78, 5) is 30.9. The van der Waals surface area contributed by atoms with Crippen LogP contribution in [0.4, 0.5) is 18.9 Å². The predicted molar refractivity (Wildman–Crippen MR) is 135 cm³/mol. The molecule has 1 aliphatic rings. The molecule has 2 aromatic carbocycles. The SMILES string of the molecule is COc1ccc(N2N=C(C)C(C(=O)Cc3cccc(C(F)(F)C(C)F)c3)C2=O)cc1-c1ncccc1C. The summed E-state index contributed by atoms with van der Waals surface area (Å²) in [5.74, 6) is -5.32. The van der Waals surface area contributed by atoms with E-state index < -0.39 is 35.3 Å². The summed E-state index contributed by atoms with van der Waals surface area (Å²) in [6, 6.07) is 13.9. The van der Waals surface area contributed by atoms with Crippen molar-refractivity contribution < 1.29 is 27.5 Å². The molecule has 0 N–H and O–H groups in total. The topological polar surface area (TPSA) is 71.9 Å². The number of benzene rings is 2. The molecule has 4 rings (SSSR count). The summed E-state index contributed by atoms with van der Waals surface area (Å²) >= 11 is 0. The molecule has 1 aromatic heterocycles. The van der Waals surface area contributed by atoms with Gasteiger partial charge in [-0.05, 0) is 62.2 Å². The Hall–Kier alpha value is -4.01. The molecule has 3 aromatic rings. The normalized spacial score (nSPS) is 16.5. The number of hydrazone groups is 1. The number of anilines is 1. The van der Waals surface area contributed by atoms with E-state index in [4.69, 9.17) is 4.74 Å². The van der Waals surface area contributed by atoms with Crippen LogP contribution in [0.1, 0.15) is 30.5 Å². The van der Waals surface area contributed by atoms with Crippen molar-refractivity contribution in [1.29, 1.82) is 0 Å². The number of hydrogen-bond acceptors (Lipinski definition) is 5. The number of rotatable bonds is 8. The molecule has 2 heterocycles. The predicted octanol–water partition coefficient (Wildman–Crippen LogP) is 5.67. The van der Waals surface area contributed by atoms with Crippen molar-refractivity contribution in [1.82, 2.24) is 4.98 Å². The highest BCUT2D eigenvalue weighted by Crippen LogP contribution is 2.37. The fraction of sp³-hybridized carbons (Fsp3) is 0.286. The van der Waals surface area contributed by atoms with Crippen molar-refractivity contribution >= 4 is 23.1 Å². The molecule has 0 saturated carbocycles. The lowest BCUT2D eigenvalue weighted by molar-refractivity contribution is -0.128. The smallest absolute Gasteiger partial charge is 0.303 e. The summed E-state index contributed by atoms with van der Waals surface area (Å²) in [5, 5.41) is 5.49. The summed E-state index contributed by atoms with van der Waals surface area (Å²) in [6.07, 6.45) is -1.00. The first-order valence-electron chi connectivity index (χ1n) is 11.7. The molecule has 2 atom stereocenters. The van der Waals surface area contributed by atoms with E-state index in [2.05, 4.69) is 10.1 Å². The van der Waals surface area contributed by atoms with Gasteiger partial charge in [-0.1, -0.05) is 24.3 Å². The zero-order valence-electron chi connectivity index (χ0n) is 20.8. The number of amides is 1. The van der Waals surface area contributed by atoms with Gasteiger partial charge in [-0.2, -0.15) is 18.9 Å². The third-order valence-corrected chi connectivity index (χ3v) is 6.34. The molecule has 192 valence electrons. The molecule has 0 fully saturated rings. The first-order chi connectivity index (χ1) is 17.5. The third-order valence-electron chi connectivity index (χ3n) is 6.34. The van der Waals surface area contributed by atoms with Gasteiger partial charge in [-0.25, -0.2) is 4.39 Å². The molecular weight excluding hydrogens is 483 g/mol. The van der Waals surface area contributed by atoms with E-state index in [0.29, 0.717) is 28.4 Å². The quantitative estimate of drug-likeness (QED) is 0.367. The third kappa shape index (κ3) is 4.98. The highest BCUT2D eigenvalue weighted by molar-refractivity contribution is 6.27. The summed E-state index contributed by atoms with van der Waals surface area (Å²) in [7, 11) is 1.54. The number of aryl methyl sites for hydroxylation is 1. The second-order valence-corrected chi connectivity index (χ2v) is 8.96. The van der Waals surface area contributed by atoms with Crippen LogP contribution in [0.2, 0.25) is 0 Å². The van der Waals surface area contributed by atoms with Crippen molar-refractivity contribution in [3.05, 3.63) is 77.5 Å². The van der Waals surface area contributed by atoms with Gasteiger partial charge < -0.3 is 4.74 Å². The van der Waals surface area contributed by atoms with E-state index in [1.165, 1.54) is 19.2 Å². The highest BCUT2D eigenvalue weighted by atomic mass is 19.3. The lowest BCUT2D eigenvalue weighted by atomic mass is 9.92. The average molecular weight is 510 g/mol. The zero-order valence-corrected chi connectivity index (χ0v) is 20.8. The van der Waals surface area contributed by atoms with Gasteiger partial charge in [0.15, 0.2) is 12.0 Å². The van der Waals surface area contributed by atoms with Gasteiger partial charge >= 0.3 is 5.92 Å². The second kappa shape index (κ2) is 10.2. The van der Waals surface area contributed by atoms with Crippen LogP contribution in [0.15, 0.2) is 65.9 Å². The maximum absolute atomic E-state index is 14.1. The van der Waals surface area contributed by atoms with E-state index in [9.17, 15) is 22.8 Å². The van der Waals surface area contributed by atoms with Crippen LogP contribution in [-0.2, 0) is 21.9 Å². The molecule has 1 amide bonds. The van der Waals surface area contributed by atoms with Crippen molar-refractivity contribution in [3.63, 3.8) is 0 Å². The highest BCUT2D eigenvalue weighted by Gasteiger charge is 2.41. The minimum atomic E-state index is -3.69. The summed E-state index contributed by atoms with van der Waals surface area (Å²) < 4.78 is 47.2. The number of ether oxygens (including phenoxy) is 1. The molecule has 37 heavy (non-hydrogen) atoms. The number of hydrogen-bond donors (Lipinski definition) is 0. The van der Waals surface area contributed by atoms with Gasteiger partial charge in [0.05, 0.1) is 24.2 Å². The van der Waals surface area contributed by atoms with Crippen molar-refractivity contribution in [2.75, 3.05) is 12.1 Å². The minimum absolute atomic E-state index is 0.263. The number of alkyl halides is 3. The van der Waals surface area contributed by atoms with E-state index in [1.54, 1.807) is 31.3 Å². The van der Waals surface area contributed by atoms with Crippen LogP contribution in [0, 0.1) is 12.8 Å². The Morgan fingerprint density at radius 1 is 1.14 bits per heavy atom. The van der Waals surface area contributed by atoms with E-state index in [-0.39, 0.29) is 12.0 Å². The van der Waals surface area contributed by atoms with Crippen molar-refractivity contribution in [2.24, 2.45) is 11.0 Å². The molecule has 9 heteroatoms. The van der Waals surface area contributed by atoms with Gasteiger partial charge in [-0.3, -0.25) is 14.6 Å². The lowest BCUT2D eigenvalue weighted by Crippen LogP contribution is -2.33. The first-order valence-corrected chi connectivity index (χ1v) is 11.7. The van der Waals surface area contributed by atoms with Gasteiger partial charge in [0.2, 0.25) is 0 Å². The first kappa shape index (κ1) is 26.1. The fourth-order valence-electron chi connectivity index (χ4n) is 4.32. The standard InChI is InChI=1S/C28H26F3N3O3/c1-16-7-6-12-32-26(16)22-15-21(10-11-24(22)37-4)34-27(36)25(17(2)33-34)23(35)14-19-8-5-9-20(13-19)28(30,31)18(3)29/h5-13,15,18,25H,14H2,1-4H3. The number of carbonyl (C=O) groups excluding carboxylic acids is 2. The van der Waals surface area contributed by atoms with E-state index >= 15 is 0 Å². The number of ketones is 1. The van der Waals surface area contributed by atoms with E-state index in [1.807, 2.05) is 19.1 Å². The number of nitrogens with zero attached hydrogens (tertiary/aromatic N) is 3. The molecule has 1 aliphatic heterocycles. The molecule has 6 nitrogen and oxygen atoms in total. The van der Waals surface area contributed by atoms with Crippen LogP contribution >= 0.6 is 0 Å². The van der Waals surface area contributed by atoms with Crippen molar-refractivity contribution in [2.45, 2.75) is 39.3 Å².